The zero-order valence-electron chi connectivity index (χ0n) is 12.3. The highest BCUT2D eigenvalue weighted by Gasteiger charge is 2.26. The molecule has 0 heterocycles. The van der Waals surface area contributed by atoms with Crippen molar-refractivity contribution < 1.29 is 14.7 Å². The molecule has 0 fully saturated rings. The molecule has 0 saturated heterocycles. The van der Waals surface area contributed by atoms with Gasteiger partial charge in [-0.05, 0) is 36.8 Å². The van der Waals surface area contributed by atoms with Crippen molar-refractivity contribution in [3.63, 3.8) is 0 Å². The van der Waals surface area contributed by atoms with E-state index in [2.05, 4.69) is 5.32 Å². The third-order valence-electron chi connectivity index (χ3n) is 3.45. The van der Waals surface area contributed by atoms with E-state index in [-0.39, 0.29) is 11.8 Å². The number of hydrogen-bond acceptors (Lipinski definition) is 3. The Labute approximate surface area is 124 Å². The average molecular weight is 295 g/mol. The smallest absolute Gasteiger partial charge is 0.326 e. The van der Waals surface area contributed by atoms with Gasteiger partial charge in [-0.1, -0.05) is 26.3 Å². The Kier molecular flexibility index (Phi) is 6.07. The largest absolute Gasteiger partial charge is 0.480 e. The second-order valence-electron chi connectivity index (χ2n) is 4.86. The molecule has 0 spiro atoms. The molecule has 1 rings (SSSR count). The van der Waals surface area contributed by atoms with Gasteiger partial charge >= 0.3 is 5.97 Å². The van der Waals surface area contributed by atoms with Gasteiger partial charge in [0, 0.05) is 10.5 Å². The van der Waals surface area contributed by atoms with Crippen molar-refractivity contribution in [2.75, 3.05) is 6.26 Å². The number of aliphatic carboxylic acids is 1. The highest BCUT2D eigenvalue weighted by Crippen LogP contribution is 2.19. The monoisotopic (exact) mass is 295 g/mol. The molecule has 1 aromatic rings. The molecule has 2 N–H and O–H groups in total. The Bertz CT molecular complexity index is 502. The zero-order chi connectivity index (χ0) is 15.3. The molecule has 2 atom stereocenters. The van der Waals surface area contributed by atoms with Gasteiger partial charge in [-0.15, -0.1) is 11.8 Å². The highest BCUT2D eigenvalue weighted by molar-refractivity contribution is 7.98. The highest BCUT2D eigenvalue weighted by atomic mass is 32.2. The Hall–Kier alpha value is -1.49. The van der Waals surface area contributed by atoms with Crippen molar-refractivity contribution in [2.24, 2.45) is 5.92 Å². The zero-order valence-corrected chi connectivity index (χ0v) is 13.1. The summed E-state index contributed by atoms with van der Waals surface area (Å²) in [5.41, 5.74) is 1.37. The number of carboxylic acid groups (broad SMARTS) is 1. The molecular weight excluding hydrogens is 274 g/mol. The number of thioether (sulfide) groups is 1. The van der Waals surface area contributed by atoms with Gasteiger partial charge in [0.05, 0.1) is 0 Å². The van der Waals surface area contributed by atoms with Gasteiger partial charge in [0.25, 0.3) is 5.91 Å². The molecule has 0 aliphatic carbocycles. The van der Waals surface area contributed by atoms with Crippen molar-refractivity contribution in [3.05, 3.63) is 29.3 Å². The normalized spacial score (nSPS) is 13.6. The lowest BCUT2D eigenvalue weighted by Gasteiger charge is -2.20. The number of aryl methyl sites for hydroxylation is 1. The fraction of sp³-hybridized carbons (Fsp3) is 0.467. The SMILES string of the molecule is CCC(C)[C@H](NC(=O)c1cc(SC)ccc1C)C(=O)O. The maximum atomic E-state index is 12.3. The summed E-state index contributed by atoms with van der Waals surface area (Å²) in [7, 11) is 0. The average Bonchev–Trinajstić information content (AvgIpc) is 2.43. The Morgan fingerprint density at radius 3 is 2.55 bits per heavy atom. The summed E-state index contributed by atoms with van der Waals surface area (Å²) in [4.78, 5) is 24.5. The molecule has 20 heavy (non-hydrogen) atoms. The van der Waals surface area contributed by atoms with Crippen LogP contribution in [0.3, 0.4) is 0 Å². The standard InChI is InChI=1S/C15H21NO3S/c1-5-9(2)13(15(18)19)16-14(17)12-8-11(20-4)7-6-10(12)3/h6-9,13H,5H2,1-4H3,(H,16,17)(H,18,19)/t9?,13-/m0/s1. The van der Waals surface area contributed by atoms with Crippen LogP contribution in [0.1, 0.15) is 36.2 Å². The Balaban J connectivity index is 2.97. The minimum absolute atomic E-state index is 0.111. The van der Waals surface area contributed by atoms with Crippen LogP contribution in [0.25, 0.3) is 0 Å². The van der Waals surface area contributed by atoms with Crippen molar-refractivity contribution in [2.45, 2.75) is 38.1 Å². The number of carboxylic acids is 1. The first-order chi connectivity index (χ1) is 9.40. The van der Waals surface area contributed by atoms with Crippen LogP contribution in [-0.4, -0.2) is 29.3 Å². The number of carbonyl (C=O) groups is 2. The van der Waals surface area contributed by atoms with Gasteiger partial charge < -0.3 is 10.4 Å². The Morgan fingerprint density at radius 2 is 2.05 bits per heavy atom. The van der Waals surface area contributed by atoms with Crippen LogP contribution >= 0.6 is 11.8 Å². The Morgan fingerprint density at radius 1 is 1.40 bits per heavy atom. The number of amides is 1. The van der Waals surface area contributed by atoms with Crippen molar-refractivity contribution in [1.82, 2.24) is 5.32 Å². The fourth-order valence-corrected chi connectivity index (χ4v) is 2.31. The number of nitrogens with one attached hydrogen (secondary N) is 1. The minimum atomic E-state index is -0.994. The van der Waals surface area contributed by atoms with Gasteiger partial charge in [0.1, 0.15) is 6.04 Å². The molecule has 0 aliphatic rings. The van der Waals surface area contributed by atoms with E-state index in [9.17, 15) is 14.7 Å². The van der Waals surface area contributed by atoms with Crippen molar-refractivity contribution in [1.29, 1.82) is 0 Å². The summed E-state index contributed by atoms with van der Waals surface area (Å²) < 4.78 is 0. The lowest BCUT2D eigenvalue weighted by Crippen LogP contribution is -2.45. The quantitative estimate of drug-likeness (QED) is 0.792. The topological polar surface area (TPSA) is 66.4 Å². The molecule has 0 aromatic heterocycles. The summed E-state index contributed by atoms with van der Waals surface area (Å²) in [5, 5.41) is 11.8. The summed E-state index contributed by atoms with van der Waals surface area (Å²) in [5.74, 6) is -1.43. The van der Waals surface area contributed by atoms with E-state index in [1.54, 1.807) is 17.8 Å². The third kappa shape index (κ3) is 4.00. The maximum Gasteiger partial charge on any atom is 0.326 e. The minimum Gasteiger partial charge on any atom is -0.480 e. The van der Waals surface area contributed by atoms with Gasteiger partial charge in [-0.2, -0.15) is 0 Å². The van der Waals surface area contributed by atoms with E-state index >= 15 is 0 Å². The molecule has 4 nitrogen and oxygen atoms in total. The van der Waals surface area contributed by atoms with Crippen molar-refractivity contribution >= 4 is 23.6 Å². The molecule has 0 saturated carbocycles. The molecule has 110 valence electrons. The van der Waals surface area contributed by atoms with E-state index in [0.29, 0.717) is 12.0 Å². The number of rotatable bonds is 6. The number of benzene rings is 1. The summed E-state index contributed by atoms with van der Waals surface area (Å²) in [6.07, 6.45) is 2.63. The van der Waals surface area contributed by atoms with Crippen LogP contribution in [0.4, 0.5) is 0 Å². The van der Waals surface area contributed by atoms with Gasteiger partial charge in [-0.25, -0.2) is 4.79 Å². The van der Waals surface area contributed by atoms with E-state index in [1.807, 2.05) is 39.2 Å². The second-order valence-corrected chi connectivity index (χ2v) is 5.74. The van der Waals surface area contributed by atoms with Crippen LogP contribution in [0.15, 0.2) is 23.1 Å². The molecule has 1 amide bonds. The van der Waals surface area contributed by atoms with E-state index in [0.717, 1.165) is 10.5 Å². The lowest BCUT2D eigenvalue weighted by atomic mass is 9.98. The predicted molar refractivity (Wildman–Crippen MR) is 81.3 cm³/mol. The summed E-state index contributed by atoms with van der Waals surface area (Å²) >= 11 is 1.55. The maximum absolute atomic E-state index is 12.3. The fourth-order valence-electron chi connectivity index (χ4n) is 1.87. The van der Waals surface area contributed by atoms with Crippen LogP contribution < -0.4 is 5.32 Å². The summed E-state index contributed by atoms with van der Waals surface area (Å²) in [6.45, 7) is 5.58. The van der Waals surface area contributed by atoms with E-state index in [4.69, 9.17) is 0 Å². The first kappa shape index (κ1) is 16.6. The van der Waals surface area contributed by atoms with Gasteiger partial charge in [0.15, 0.2) is 0 Å². The van der Waals surface area contributed by atoms with Crippen molar-refractivity contribution in [3.8, 4) is 0 Å². The van der Waals surface area contributed by atoms with Crippen LogP contribution in [0.2, 0.25) is 0 Å². The molecule has 1 unspecified atom stereocenters. The first-order valence-corrected chi connectivity index (χ1v) is 7.81. The van der Waals surface area contributed by atoms with Gasteiger partial charge in [-0.3, -0.25) is 4.79 Å². The second kappa shape index (κ2) is 7.33. The molecule has 0 bridgehead atoms. The lowest BCUT2D eigenvalue weighted by molar-refractivity contribution is -0.140. The van der Waals surface area contributed by atoms with Crippen LogP contribution in [0.5, 0.6) is 0 Å². The molecular formula is C15H21NO3S. The molecule has 0 radical (unpaired) electrons. The van der Waals surface area contributed by atoms with E-state index < -0.39 is 12.0 Å². The van der Waals surface area contributed by atoms with Crippen LogP contribution in [0, 0.1) is 12.8 Å². The summed E-state index contributed by atoms with van der Waals surface area (Å²) in [6, 6.07) is 4.76. The third-order valence-corrected chi connectivity index (χ3v) is 4.18. The predicted octanol–water partition coefficient (Wildman–Crippen LogP) is 2.95. The number of hydrogen-bond donors (Lipinski definition) is 2. The molecule has 1 aromatic carbocycles. The van der Waals surface area contributed by atoms with E-state index in [1.165, 1.54) is 0 Å². The number of carbonyl (C=O) groups excluding carboxylic acids is 1. The van der Waals surface area contributed by atoms with Crippen LogP contribution in [-0.2, 0) is 4.79 Å². The molecule has 5 heteroatoms. The molecule has 0 aliphatic heterocycles. The first-order valence-electron chi connectivity index (χ1n) is 6.59. The van der Waals surface area contributed by atoms with Gasteiger partial charge in [0.2, 0.25) is 0 Å².